The Morgan fingerprint density at radius 1 is 1.33 bits per heavy atom. The van der Waals surface area contributed by atoms with Crippen LogP contribution in [0.4, 0.5) is 0 Å². The highest BCUT2D eigenvalue weighted by Gasteiger charge is 2.06. The number of aromatic nitrogens is 1. The molecular weight excluding hydrogens is 182 g/mol. The molecule has 0 amide bonds. The molecule has 2 aromatic rings. The first-order valence-electron chi connectivity index (χ1n) is 5.58. The first kappa shape index (κ1) is 10.0. The summed E-state index contributed by atoms with van der Waals surface area (Å²) in [7, 11) is 0. The van der Waals surface area contributed by atoms with E-state index in [-0.39, 0.29) is 0 Å². The quantitative estimate of drug-likeness (QED) is 0.761. The smallest absolute Gasteiger partial charge is 0.0462 e. The van der Waals surface area contributed by atoms with Gasteiger partial charge in [0.05, 0.1) is 0 Å². The molecule has 0 aliphatic heterocycles. The van der Waals surface area contributed by atoms with E-state index in [0.717, 1.165) is 6.42 Å². The number of benzene rings is 1. The molecule has 1 nitrogen and oxygen atoms in total. The zero-order valence-electron chi connectivity index (χ0n) is 9.22. The van der Waals surface area contributed by atoms with Crippen molar-refractivity contribution in [1.82, 2.24) is 4.98 Å². The van der Waals surface area contributed by atoms with Gasteiger partial charge in [-0.25, -0.2) is 0 Å². The highest BCUT2D eigenvalue weighted by Crippen LogP contribution is 2.24. The monoisotopic (exact) mass is 199 g/mol. The summed E-state index contributed by atoms with van der Waals surface area (Å²) in [6, 6.07) is 8.41. The Kier molecular flexibility index (Phi) is 2.91. The van der Waals surface area contributed by atoms with E-state index in [2.05, 4.69) is 42.8 Å². The molecule has 0 aliphatic rings. The van der Waals surface area contributed by atoms with Crippen LogP contribution in [0.15, 0.2) is 30.8 Å². The number of para-hydroxylation sites is 1. The van der Waals surface area contributed by atoms with Crippen molar-refractivity contribution in [2.75, 3.05) is 0 Å². The van der Waals surface area contributed by atoms with E-state index in [1.165, 1.54) is 35.0 Å². The maximum Gasteiger partial charge on any atom is 0.0462 e. The second kappa shape index (κ2) is 4.35. The molecule has 0 radical (unpaired) electrons. The van der Waals surface area contributed by atoms with E-state index < -0.39 is 0 Å². The van der Waals surface area contributed by atoms with Gasteiger partial charge >= 0.3 is 0 Å². The number of hydrogen-bond donors (Lipinski definition) is 1. The molecule has 0 atom stereocenters. The molecule has 15 heavy (non-hydrogen) atoms. The lowest BCUT2D eigenvalue weighted by Gasteiger charge is -1.98. The van der Waals surface area contributed by atoms with Gasteiger partial charge in [-0.05, 0) is 18.9 Å². The Labute approximate surface area is 90.8 Å². The molecule has 1 aromatic carbocycles. The van der Waals surface area contributed by atoms with Crippen LogP contribution in [0.2, 0.25) is 0 Å². The summed E-state index contributed by atoms with van der Waals surface area (Å²) < 4.78 is 0. The summed E-state index contributed by atoms with van der Waals surface area (Å²) in [6.07, 6.45) is 5.54. The maximum absolute atomic E-state index is 3.90. The maximum atomic E-state index is 3.90. The molecule has 1 heterocycles. The minimum atomic E-state index is 1.12. The average molecular weight is 199 g/mol. The number of aromatic amines is 1. The summed E-state index contributed by atoms with van der Waals surface area (Å²) in [4.78, 5) is 3.48. The molecule has 0 bridgehead atoms. The van der Waals surface area contributed by atoms with E-state index in [4.69, 9.17) is 0 Å². The summed E-state index contributed by atoms with van der Waals surface area (Å²) in [5.41, 5.74) is 3.82. The fourth-order valence-corrected chi connectivity index (χ4v) is 2.00. The van der Waals surface area contributed by atoms with Crippen LogP contribution < -0.4 is 0 Å². The fraction of sp³-hybridized carbons (Fsp3) is 0.286. The fourth-order valence-electron chi connectivity index (χ4n) is 2.00. The van der Waals surface area contributed by atoms with Crippen molar-refractivity contribution in [3.8, 4) is 0 Å². The Morgan fingerprint density at radius 3 is 2.87 bits per heavy atom. The molecule has 0 fully saturated rings. The number of hydrogen-bond acceptors (Lipinski definition) is 0. The lowest BCUT2D eigenvalue weighted by atomic mass is 10.1. The van der Waals surface area contributed by atoms with Gasteiger partial charge in [-0.3, -0.25) is 0 Å². The summed E-state index contributed by atoms with van der Waals surface area (Å²) in [5, 5.41) is 1.29. The number of fused-ring (bicyclic) bond motifs is 1. The third-order valence-corrected chi connectivity index (χ3v) is 2.81. The Morgan fingerprint density at radius 2 is 2.13 bits per heavy atom. The van der Waals surface area contributed by atoms with Gasteiger partial charge in [-0.15, -0.1) is 0 Å². The zero-order chi connectivity index (χ0) is 10.7. The topological polar surface area (TPSA) is 15.8 Å². The SMILES string of the molecule is C=Cc1c(CCCC)[nH]c2ccccc12. The van der Waals surface area contributed by atoms with Crippen molar-refractivity contribution in [3.63, 3.8) is 0 Å². The molecule has 1 aromatic heterocycles. The molecule has 0 aliphatic carbocycles. The molecular formula is C14H17N. The van der Waals surface area contributed by atoms with E-state index in [1.807, 2.05) is 6.08 Å². The first-order chi connectivity index (χ1) is 7.36. The second-order valence-electron chi connectivity index (χ2n) is 3.87. The van der Waals surface area contributed by atoms with E-state index in [9.17, 15) is 0 Å². The largest absolute Gasteiger partial charge is 0.358 e. The Balaban J connectivity index is 2.49. The van der Waals surface area contributed by atoms with Crippen molar-refractivity contribution >= 4 is 17.0 Å². The highest BCUT2D eigenvalue weighted by molar-refractivity contribution is 5.90. The molecule has 0 saturated heterocycles. The van der Waals surface area contributed by atoms with Crippen molar-refractivity contribution in [1.29, 1.82) is 0 Å². The lowest BCUT2D eigenvalue weighted by molar-refractivity contribution is 0.781. The number of rotatable bonds is 4. The van der Waals surface area contributed by atoms with Crippen LogP contribution in [0.5, 0.6) is 0 Å². The summed E-state index contributed by atoms with van der Waals surface area (Å²) in [6.45, 7) is 6.12. The van der Waals surface area contributed by atoms with Crippen LogP contribution in [0.1, 0.15) is 31.0 Å². The van der Waals surface area contributed by atoms with Gasteiger partial charge in [-0.2, -0.15) is 0 Å². The molecule has 1 heteroatoms. The highest BCUT2D eigenvalue weighted by atomic mass is 14.7. The van der Waals surface area contributed by atoms with Crippen LogP contribution in [0.25, 0.3) is 17.0 Å². The standard InChI is InChI=1S/C14H17N/c1-3-5-9-13-11(4-2)12-8-6-7-10-14(12)15-13/h4,6-8,10,15H,2-3,5,9H2,1H3. The molecule has 0 unspecified atom stereocenters. The predicted molar refractivity (Wildman–Crippen MR) is 67.0 cm³/mol. The van der Waals surface area contributed by atoms with Crippen LogP contribution in [0, 0.1) is 0 Å². The normalized spacial score (nSPS) is 10.7. The number of H-pyrrole nitrogens is 1. The van der Waals surface area contributed by atoms with E-state index in [1.54, 1.807) is 0 Å². The number of unbranched alkanes of at least 4 members (excludes halogenated alkanes) is 1. The van der Waals surface area contributed by atoms with Crippen LogP contribution in [0.3, 0.4) is 0 Å². The van der Waals surface area contributed by atoms with Gasteiger partial charge in [0.1, 0.15) is 0 Å². The van der Waals surface area contributed by atoms with Crippen LogP contribution >= 0.6 is 0 Å². The third-order valence-electron chi connectivity index (χ3n) is 2.81. The second-order valence-corrected chi connectivity index (χ2v) is 3.87. The van der Waals surface area contributed by atoms with Crippen LogP contribution in [-0.2, 0) is 6.42 Å². The average Bonchev–Trinajstić information content (AvgIpc) is 2.63. The van der Waals surface area contributed by atoms with E-state index in [0.29, 0.717) is 0 Å². The Hall–Kier alpha value is -1.50. The first-order valence-corrected chi connectivity index (χ1v) is 5.58. The predicted octanol–water partition coefficient (Wildman–Crippen LogP) is 4.15. The van der Waals surface area contributed by atoms with Gasteiger partial charge in [0, 0.05) is 22.2 Å². The van der Waals surface area contributed by atoms with Crippen molar-refractivity contribution in [2.24, 2.45) is 0 Å². The number of aryl methyl sites for hydroxylation is 1. The van der Waals surface area contributed by atoms with Gasteiger partial charge in [-0.1, -0.05) is 44.2 Å². The van der Waals surface area contributed by atoms with Gasteiger partial charge in [0.2, 0.25) is 0 Å². The Bertz CT molecular complexity index is 465. The number of nitrogens with one attached hydrogen (secondary N) is 1. The molecule has 2 rings (SSSR count). The van der Waals surface area contributed by atoms with Crippen molar-refractivity contribution < 1.29 is 0 Å². The lowest BCUT2D eigenvalue weighted by Crippen LogP contribution is -1.86. The minimum Gasteiger partial charge on any atom is -0.358 e. The molecule has 0 spiro atoms. The van der Waals surface area contributed by atoms with Crippen molar-refractivity contribution in [2.45, 2.75) is 26.2 Å². The molecule has 1 N–H and O–H groups in total. The van der Waals surface area contributed by atoms with Gasteiger partial charge in [0.25, 0.3) is 0 Å². The van der Waals surface area contributed by atoms with Crippen molar-refractivity contribution in [3.05, 3.63) is 42.1 Å². The van der Waals surface area contributed by atoms with Gasteiger partial charge < -0.3 is 4.98 Å². The molecule has 78 valence electrons. The van der Waals surface area contributed by atoms with E-state index >= 15 is 0 Å². The van der Waals surface area contributed by atoms with Crippen LogP contribution in [-0.4, -0.2) is 4.98 Å². The molecule has 0 saturated carbocycles. The third kappa shape index (κ3) is 1.82. The minimum absolute atomic E-state index is 1.12. The summed E-state index contributed by atoms with van der Waals surface area (Å²) in [5.74, 6) is 0. The summed E-state index contributed by atoms with van der Waals surface area (Å²) >= 11 is 0. The van der Waals surface area contributed by atoms with Gasteiger partial charge in [0.15, 0.2) is 0 Å². The zero-order valence-corrected chi connectivity index (χ0v) is 9.22.